The first-order valence-electron chi connectivity index (χ1n) is 7.82. The second kappa shape index (κ2) is 6.73. The van der Waals surface area contributed by atoms with E-state index in [0.717, 1.165) is 12.0 Å². The van der Waals surface area contributed by atoms with Gasteiger partial charge in [0.15, 0.2) is 0 Å². The van der Waals surface area contributed by atoms with Crippen molar-refractivity contribution >= 4 is 5.97 Å². The molecule has 1 fully saturated rings. The van der Waals surface area contributed by atoms with Crippen LogP contribution in [-0.2, 0) is 4.79 Å². The lowest BCUT2D eigenvalue weighted by atomic mass is 10.0. The fraction of sp³-hybridized carbons (Fsp3) is 0.471. The molecule has 0 radical (unpaired) electrons. The van der Waals surface area contributed by atoms with Crippen LogP contribution in [0.15, 0.2) is 28.8 Å². The molecule has 2 aromatic rings. The van der Waals surface area contributed by atoms with Crippen LogP contribution in [0.5, 0.6) is 5.75 Å². The van der Waals surface area contributed by atoms with Crippen molar-refractivity contribution in [2.75, 3.05) is 0 Å². The zero-order chi connectivity index (χ0) is 15.4. The minimum absolute atomic E-state index is 0.157. The Bertz CT molecular complexity index is 628. The van der Waals surface area contributed by atoms with E-state index in [1.807, 2.05) is 12.1 Å². The summed E-state index contributed by atoms with van der Waals surface area (Å²) in [5.74, 6) is 2.17. The maximum atomic E-state index is 11.9. The maximum absolute atomic E-state index is 11.9. The highest BCUT2D eigenvalue weighted by Crippen LogP contribution is 2.28. The molecule has 0 amide bonds. The lowest BCUT2D eigenvalue weighted by molar-refractivity contribution is -0.134. The molecule has 3 rings (SSSR count). The molecule has 1 aliphatic carbocycles. The van der Waals surface area contributed by atoms with Crippen LogP contribution < -0.4 is 4.74 Å². The van der Waals surface area contributed by atoms with Crippen LogP contribution in [0.25, 0.3) is 11.4 Å². The van der Waals surface area contributed by atoms with Gasteiger partial charge >= 0.3 is 5.97 Å². The first-order valence-corrected chi connectivity index (χ1v) is 7.82. The van der Waals surface area contributed by atoms with Crippen molar-refractivity contribution in [3.8, 4) is 17.1 Å². The quantitative estimate of drug-likeness (QED) is 0.618. The number of aryl methyl sites for hydroxylation is 1. The summed E-state index contributed by atoms with van der Waals surface area (Å²) in [5, 5.41) is 3.86. The summed E-state index contributed by atoms with van der Waals surface area (Å²) in [6, 6.07) is 7.16. The predicted octanol–water partition coefficient (Wildman–Crippen LogP) is 3.92. The van der Waals surface area contributed by atoms with Gasteiger partial charge in [-0.15, -0.1) is 0 Å². The van der Waals surface area contributed by atoms with Crippen LogP contribution in [0, 0.1) is 12.8 Å². The Morgan fingerprint density at radius 1 is 1.27 bits per heavy atom. The lowest BCUT2D eigenvalue weighted by Gasteiger charge is -2.08. The number of benzene rings is 1. The average molecular weight is 300 g/mol. The zero-order valence-electron chi connectivity index (χ0n) is 12.7. The molecule has 0 atom stereocenters. The average Bonchev–Trinajstić information content (AvgIpc) is 3.17. The Morgan fingerprint density at radius 3 is 2.64 bits per heavy atom. The first kappa shape index (κ1) is 14.8. The SMILES string of the molecule is Cc1nc(-c2ccc(OC(=O)CCC3CCCC3)cc2)no1. The van der Waals surface area contributed by atoms with Gasteiger partial charge in [-0.05, 0) is 36.6 Å². The standard InChI is InChI=1S/C17H20N2O3/c1-12-18-17(19-22-12)14-7-9-15(10-8-14)21-16(20)11-6-13-4-2-3-5-13/h7-10,13H,2-6,11H2,1H3. The van der Waals surface area contributed by atoms with E-state index in [9.17, 15) is 4.79 Å². The van der Waals surface area contributed by atoms with E-state index in [-0.39, 0.29) is 5.97 Å². The third-order valence-corrected chi connectivity index (χ3v) is 4.10. The number of hydrogen-bond acceptors (Lipinski definition) is 5. The summed E-state index contributed by atoms with van der Waals surface area (Å²) >= 11 is 0. The molecule has 22 heavy (non-hydrogen) atoms. The molecule has 5 heteroatoms. The molecule has 0 saturated heterocycles. The van der Waals surface area contributed by atoms with Crippen molar-refractivity contribution in [3.63, 3.8) is 0 Å². The first-order chi connectivity index (χ1) is 10.7. The molecular weight excluding hydrogens is 280 g/mol. The maximum Gasteiger partial charge on any atom is 0.311 e. The van der Waals surface area contributed by atoms with Crippen molar-refractivity contribution in [2.45, 2.75) is 45.4 Å². The van der Waals surface area contributed by atoms with E-state index in [1.165, 1.54) is 25.7 Å². The molecule has 1 aromatic carbocycles. The van der Waals surface area contributed by atoms with Gasteiger partial charge in [-0.2, -0.15) is 4.98 Å². The van der Waals surface area contributed by atoms with Crippen LogP contribution in [-0.4, -0.2) is 16.1 Å². The van der Waals surface area contributed by atoms with Crippen molar-refractivity contribution in [1.29, 1.82) is 0 Å². The molecule has 0 aliphatic heterocycles. The number of hydrogen-bond donors (Lipinski definition) is 0. The van der Waals surface area contributed by atoms with Crippen molar-refractivity contribution in [1.82, 2.24) is 10.1 Å². The Morgan fingerprint density at radius 2 is 2.00 bits per heavy atom. The number of aromatic nitrogens is 2. The molecule has 5 nitrogen and oxygen atoms in total. The van der Waals surface area contributed by atoms with Gasteiger partial charge in [0.1, 0.15) is 5.75 Å². The summed E-state index contributed by atoms with van der Waals surface area (Å²) < 4.78 is 10.3. The van der Waals surface area contributed by atoms with Crippen LogP contribution >= 0.6 is 0 Å². The summed E-state index contributed by atoms with van der Waals surface area (Å²) in [5.41, 5.74) is 0.836. The topological polar surface area (TPSA) is 65.2 Å². The van der Waals surface area contributed by atoms with Crippen molar-refractivity contribution < 1.29 is 14.1 Å². The number of rotatable bonds is 5. The molecule has 0 bridgehead atoms. The largest absolute Gasteiger partial charge is 0.427 e. The molecule has 1 heterocycles. The Labute approximate surface area is 129 Å². The third kappa shape index (κ3) is 3.72. The van der Waals surface area contributed by atoms with Gasteiger partial charge in [-0.3, -0.25) is 4.79 Å². The molecule has 0 N–H and O–H groups in total. The Balaban J connectivity index is 1.53. The number of nitrogens with zero attached hydrogens (tertiary/aromatic N) is 2. The molecule has 1 aromatic heterocycles. The Hall–Kier alpha value is -2.17. The van der Waals surface area contributed by atoms with Gasteiger partial charge in [0.2, 0.25) is 11.7 Å². The van der Waals surface area contributed by atoms with Crippen LogP contribution in [0.3, 0.4) is 0 Å². The molecule has 1 aliphatic rings. The smallest absolute Gasteiger partial charge is 0.311 e. The van der Waals surface area contributed by atoms with Crippen molar-refractivity contribution in [3.05, 3.63) is 30.2 Å². The van der Waals surface area contributed by atoms with Crippen LogP contribution in [0.1, 0.15) is 44.4 Å². The van der Waals surface area contributed by atoms with Crippen molar-refractivity contribution in [2.24, 2.45) is 5.92 Å². The fourth-order valence-electron chi connectivity index (χ4n) is 2.89. The van der Waals surface area contributed by atoms with E-state index < -0.39 is 0 Å². The second-order valence-electron chi connectivity index (χ2n) is 5.82. The number of carbonyl (C=O) groups is 1. The minimum Gasteiger partial charge on any atom is -0.427 e. The Kier molecular flexibility index (Phi) is 4.51. The van der Waals surface area contributed by atoms with Crippen LogP contribution in [0.2, 0.25) is 0 Å². The summed E-state index contributed by atoms with van der Waals surface area (Å²) in [7, 11) is 0. The normalized spacial score (nSPS) is 15.1. The predicted molar refractivity (Wildman–Crippen MR) is 81.3 cm³/mol. The zero-order valence-corrected chi connectivity index (χ0v) is 12.7. The monoisotopic (exact) mass is 300 g/mol. The minimum atomic E-state index is -0.157. The molecule has 116 valence electrons. The lowest BCUT2D eigenvalue weighted by Crippen LogP contribution is -2.09. The highest BCUT2D eigenvalue weighted by Gasteiger charge is 2.17. The van der Waals surface area contributed by atoms with E-state index in [4.69, 9.17) is 9.26 Å². The fourth-order valence-corrected chi connectivity index (χ4v) is 2.89. The van der Waals surface area contributed by atoms with E-state index >= 15 is 0 Å². The van der Waals surface area contributed by atoms with Gasteiger partial charge < -0.3 is 9.26 Å². The molecule has 1 saturated carbocycles. The molecular formula is C17H20N2O3. The van der Waals surface area contributed by atoms with Gasteiger partial charge in [0.05, 0.1) is 0 Å². The summed E-state index contributed by atoms with van der Waals surface area (Å²) in [6.45, 7) is 1.75. The van der Waals surface area contributed by atoms with Gasteiger partial charge in [0.25, 0.3) is 0 Å². The van der Waals surface area contributed by atoms with E-state index in [1.54, 1.807) is 19.1 Å². The van der Waals surface area contributed by atoms with Gasteiger partial charge in [-0.1, -0.05) is 30.8 Å². The second-order valence-corrected chi connectivity index (χ2v) is 5.82. The van der Waals surface area contributed by atoms with E-state index in [0.29, 0.717) is 29.8 Å². The molecule has 0 unspecified atom stereocenters. The summed E-state index contributed by atoms with van der Waals surface area (Å²) in [4.78, 5) is 16.0. The third-order valence-electron chi connectivity index (χ3n) is 4.10. The van der Waals surface area contributed by atoms with Gasteiger partial charge in [0, 0.05) is 18.9 Å². The number of ether oxygens (including phenoxy) is 1. The summed E-state index contributed by atoms with van der Waals surface area (Å²) in [6.07, 6.45) is 6.56. The van der Waals surface area contributed by atoms with Gasteiger partial charge in [-0.25, -0.2) is 0 Å². The van der Waals surface area contributed by atoms with E-state index in [2.05, 4.69) is 10.1 Å². The number of carbonyl (C=O) groups excluding carboxylic acids is 1. The highest BCUT2D eigenvalue weighted by atomic mass is 16.5. The molecule has 0 spiro atoms. The highest BCUT2D eigenvalue weighted by molar-refractivity contribution is 5.72. The van der Waals surface area contributed by atoms with Crippen LogP contribution in [0.4, 0.5) is 0 Å². The number of esters is 1.